The van der Waals surface area contributed by atoms with Gasteiger partial charge in [0.1, 0.15) is 0 Å². The molecule has 0 unspecified atom stereocenters. The summed E-state index contributed by atoms with van der Waals surface area (Å²) in [5, 5.41) is 6.09. The first-order chi connectivity index (χ1) is 10.6. The Morgan fingerprint density at radius 2 is 1.68 bits per heavy atom. The summed E-state index contributed by atoms with van der Waals surface area (Å²) in [5.41, 5.74) is 1.72. The molecule has 1 heterocycles. The van der Waals surface area contributed by atoms with Gasteiger partial charge in [0, 0.05) is 5.56 Å². The first-order valence-electron chi connectivity index (χ1n) is 7.40. The summed E-state index contributed by atoms with van der Waals surface area (Å²) in [4.78, 5) is 11.6. The van der Waals surface area contributed by atoms with Gasteiger partial charge in [-0.2, -0.15) is 0 Å². The molecule has 0 saturated heterocycles. The van der Waals surface area contributed by atoms with Gasteiger partial charge in [-0.05, 0) is 19.4 Å². The van der Waals surface area contributed by atoms with Crippen LogP contribution in [0.4, 0.5) is 0 Å². The molecule has 0 N–H and O–H groups in total. The highest BCUT2D eigenvalue weighted by Gasteiger charge is 2.32. The average Bonchev–Trinajstić information content (AvgIpc) is 2.54. The van der Waals surface area contributed by atoms with Crippen molar-refractivity contribution in [1.29, 1.82) is 0 Å². The highest BCUT2D eigenvalue weighted by Crippen LogP contribution is 2.22. The molecule has 0 saturated carbocycles. The second-order valence-corrected chi connectivity index (χ2v) is 5.93. The molecule has 0 bridgehead atoms. The van der Waals surface area contributed by atoms with Crippen LogP contribution in [0.3, 0.4) is 0 Å². The maximum atomic E-state index is 5.99. The minimum absolute atomic E-state index is 0.380. The Morgan fingerprint density at radius 3 is 2.36 bits per heavy atom. The van der Waals surface area contributed by atoms with Crippen molar-refractivity contribution in [2.75, 3.05) is 6.54 Å². The number of hydrogen-bond donors (Lipinski definition) is 0. The molecule has 4 nitrogen and oxygen atoms in total. The predicted molar refractivity (Wildman–Crippen MR) is 86.1 cm³/mol. The van der Waals surface area contributed by atoms with E-state index in [2.05, 4.69) is 5.16 Å². The number of rotatable bonds is 4. The van der Waals surface area contributed by atoms with E-state index in [1.54, 1.807) is 0 Å². The Morgan fingerprint density at radius 1 is 1.05 bits per heavy atom. The van der Waals surface area contributed by atoms with Gasteiger partial charge in [-0.15, -0.1) is 0 Å². The minimum atomic E-state index is -0.380. The Labute approximate surface area is 130 Å². The molecule has 4 heteroatoms. The molecule has 0 radical (unpaired) electrons. The van der Waals surface area contributed by atoms with Crippen LogP contribution < -0.4 is 0 Å². The molecule has 0 aliphatic carbocycles. The lowest BCUT2D eigenvalue weighted by Gasteiger charge is -2.36. The van der Waals surface area contributed by atoms with Gasteiger partial charge in [0.15, 0.2) is 11.4 Å². The van der Waals surface area contributed by atoms with Crippen LogP contribution in [0.5, 0.6) is 0 Å². The van der Waals surface area contributed by atoms with Crippen LogP contribution in [0.2, 0.25) is 0 Å². The van der Waals surface area contributed by atoms with Crippen LogP contribution in [0, 0.1) is 0 Å². The number of oxime groups is 1. The molecule has 0 fully saturated rings. The van der Waals surface area contributed by atoms with Gasteiger partial charge in [-0.1, -0.05) is 65.8 Å². The van der Waals surface area contributed by atoms with Crippen LogP contribution in [-0.4, -0.2) is 23.0 Å². The molecule has 0 amide bonds. The Bertz CT molecular complexity index is 639. The largest absolute Gasteiger partial charge is 0.386 e. The Kier molecular flexibility index (Phi) is 4.11. The number of hydroxylamine groups is 2. The van der Waals surface area contributed by atoms with Crippen molar-refractivity contribution in [2.24, 2.45) is 5.16 Å². The number of hydrogen-bond acceptors (Lipinski definition) is 4. The van der Waals surface area contributed by atoms with Gasteiger partial charge >= 0.3 is 0 Å². The van der Waals surface area contributed by atoms with Crippen LogP contribution in [0.1, 0.15) is 25.0 Å². The topological polar surface area (TPSA) is 34.1 Å². The smallest absolute Gasteiger partial charge is 0.199 e. The quantitative estimate of drug-likeness (QED) is 0.864. The van der Waals surface area contributed by atoms with Gasteiger partial charge in [0.05, 0.1) is 13.2 Å². The van der Waals surface area contributed by atoms with Gasteiger partial charge in [-0.25, -0.2) is 5.06 Å². The van der Waals surface area contributed by atoms with E-state index in [1.807, 2.05) is 79.6 Å². The summed E-state index contributed by atoms with van der Waals surface area (Å²) in [7, 11) is 0. The minimum Gasteiger partial charge on any atom is -0.386 e. The number of benzene rings is 2. The van der Waals surface area contributed by atoms with Crippen molar-refractivity contribution in [3.8, 4) is 0 Å². The van der Waals surface area contributed by atoms with Crippen molar-refractivity contribution < 1.29 is 9.68 Å². The molecule has 0 spiro atoms. The summed E-state index contributed by atoms with van der Waals surface area (Å²) in [6.07, 6.45) is 0. The van der Waals surface area contributed by atoms with Crippen molar-refractivity contribution in [3.63, 3.8) is 0 Å². The molecule has 3 rings (SSSR count). The van der Waals surface area contributed by atoms with E-state index in [-0.39, 0.29) is 5.60 Å². The molecule has 1 aliphatic heterocycles. The van der Waals surface area contributed by atoms with E-state index in [1.165, 1.54) is 0 Å². The third-order valence-electron chi connectivity index (χ3n) is 3.40. The number of amidine groups is 1. The Hall–Kier alpha value is -2.33. The van der Waals surface area contributed by atoms with E-state index in [9.17, 15) is 0 Å². The van der Waals surface area contributed by atoms with Crippen molar-refractivity contribution >= 4 is 5.84 Å². The fraction of sp³-hybridized carbons (Fsp3) is 0.278. The normalized spacial score (nSPS) is 16.8. The third-order valence-corrected chi connectivity index (χ3v) is 3.40. The molecule has 22 heavy (non-hydrogen) atoms. The molecule has 114 valence electrons. The first-order valence-corrected chi connectivity index (χ1v) is 7.40. The fourth-order valence-corrected chi connectivity index (χ4v) is 2.28. The summed E-state index contributed by atoms with van der Waals surface area (Å²) >= 11 is 0. The van der Waals surface area contributed by atoms with Crippen molar-refractivity contribution in [3.05, 3.63) is 71.8 Å². The maximum Gasteiger partial charge on any atom is 0.199 e. The molecule has 2 aromatic carbocycles. The summed E-state index contributed by atoms with van der Waals surface area (Å²) in [6.45, 7) is 5.12. The predicted octanol–water partition coefficient (Wildman–Crippen LogP) is 3.59. The van der Waals surface area contributed by atoms with Gasteiger partial charge in [0.2, 0.25) is 0 Å². The molecular formula is C18H20N2O2. The zero-order valence-corrected chi connectivity index (χ0v) is 12.9. The zero-order chi connectivity index (χ0) is 15.4. The van der Waals surface area contributed by atoms with Crippen LogP contribution in [0.15, 0.2) is 65.8 Å². The SMILES string of the molecule is CC1(C)CN(OCc2ccccc2)C(c2ccccc2)=NO1. The summed E-state index contributed by atoms with van der Waals surface area (Å²) < 4.78 is 0. The average molecular weight is 296 g/mol. The molecule has 1 aliphatic rings. The lowest BCUT2D eigenvalue weighted by molar-refractivity contribution is -0.173. The first kappa shape index (κ1) is 14.6. The van der Waals surface area contributed by atoms with E-state index in [4.69, 9.17) is 9.68 Å². The second kappa shape index (κ2) is 6.20. The number of nitrogens with zero attached hydrogens (tertiary/aromatic N) is 2. The highest BCUT2D eigenvalue weighted by molar-refractivity contribution is 5.98. The molecule has 0 atom stereocenters. The van der Waals surface area contributed by atoms with E-state index in [0.29, 0.717) is 19.0 Å². The monoisotopic (exact) mass is 296 g/mol. The summed E-state index contributed by atoms with van der Waals surface area (Å²) in [5.74, 6) is 0.704. The molecular weight excluding hydrogens is 276 g/mol. The van der Waals surface area contributed by atoms with Crippen LogP contribution >= 0.6 is 0 Å². The third kappa shape index (κ3) is 3.46. The Balaban J connectivity index is 1.79. The highest BCUT2D eigenvalue weighted by atomic mass is 16.7. The summed E-state index contributed by atoms with van der Waals surface area (Å²) in [6, 6.07) is 20.0. The lowest BCUT2D eigenvalue weighted by Crippen LogP contribution is -2.47. The van der Waals surface area contributed by atoms with Crippen LogP contribution in [0.25, 0.3) is 0 Å². The van der Waals surface area contributed by atoms with E-state index < -0.39 is 0 Å². The van der Waals surface area contributed by atoms with Gasteiger partial charge in [-0.3, -0.25) is 4.84 Å². The van der Waals surface area contributed by atoms with E-state index >= 15 is 0 Å². The van der Waals surface area contributed by atoms with Crippen molar-refractivity contribution in [1.82, 2.24) is 5.06 Å². The molecule has 2 aromatic rings. The van der Waals surface area contributed by atoms with Crippen LogP contribution in [-0.2, 0) is 16.3 Å². The van der Waals surface area contributed by atoms with Gasteiger partial charge < -0.3 is 4.84 Å². The standard InChI is InChI=1S/C18H20N2O2/c1-18(2)14-20(21-13-15-9-5-3-6-10-15)17(19-22-18)16-11-7-4-8-12-16/h3-12H,13-14H2,1-2H3. The second-order valence-electron chi connectivity index (χ2n) is 5.93. The van der Waals surface area contributed by atoms with Gasteiger partial charge in [0.25, 0.3) is 0 Å². The lowest BCUT2D eigenvalue weighted by atomic mass is 10.1. The van der Waals surface area contributed by atoms with E-state index in [0.717, 1.165) is 11.1 Å². The fourth-order valence-electron chi connectivity index (χ4n) is 2.28. The zero-order valence-electron chi connectivity index (χ0n) is 12.9. The maximum absolute atomic E-state index is 5.99. The molecule has 0 aromatic heterocycles. The van der Waals surface area contributed by atoms with Crippen molar-refractivity contribution in [2.45, 2.75) is 26.1 Å².